The molecule has 4 aromatic rings. The van der Waals surface area contributed by atoms with Crippen molar-refractivity contribution in [1.29, 1.82) is 0 Å². The molecule has 0 unspecified atom stereocenters. The fraction of sp³-hybridized carbons (Fsp3) is 0.0952. The van der Waals surface area contributed by atoms with Crippen LogP contribution in [0.3, 0.4) is 0 Å². The first-order valence-corrected chi connectivity index (χ1v) is 8.57. The lowest BCUT2D eigenvalue weighted by molar-refractivity contribution is -0.116. The van der Waals surface area contributed by atoms with Gasteiger partial charge >= 0.3 is 0 Å². The van der Waals surface area contributed by atoms with E-state index in [0.717, 1.165) is 16.5 Å². The number of hydrogen-bond donors (Lipinski definition) is 1. The van der Waals surface area contributed by atoms with Crippen LogP contribution >= 0.6 is 0 Å². The van der Waals surface area contributed by atoms with Crippen LogP contribution < -0.4 is 4.90 Å². The van der Waals surface area contributed by atoms with Crippen molar-refractivity contribution < 1.29 is 13.6 Å². The van der Waals surface area contributed by atoms with E-state index in [1.54, 1.807) is 30.6 Å². The first-order chi connectivity index (χ1) is 13.4. The predicted octanol–water partition coefficient (Wildman–Crippen LogP) is 4.55. The standard InChI is InChI=1S/C21H16F2N4O/c1-12(28)27(2)19-8-13(3-4-18(19)22)15-7-16-17(11-26-21(16)25-10-15)14-5-6-24-20(23)9-14/h3-11H,1-2H3,(H,25,26). The molecule has 0 saturated carbocycles. The van der Waals surface area contributed by atoms with Crippen molar-refractivity contribution in [2.75, 3.05) is 11.9 Å². The Kier molecular flexibility index (Phi) is 4.35. The van der Waals surface area contributed by atoms with E-state index in [4.69, 9.17) is 0 Å². The second kappa shape index (κ2) is 6.84. The van der Waals surface area contributed by atoms with Gasteiger partial charge in [-0.3, -0.25) is 4.79 Å². The molecule has 0 atom stereocenters. The molecule has 0 aliphatic carbocycles. The van der Waals surface area contributed by atoms with Gasteiger partial charge in [0, 0.05) is 55.1 Å². The Balaban J connectivity index is 1.83. The smallest absolute Gasteiger partial charge is 0.223 e. The number of nitrogens with zero attached hydrogens (tertiary/aromatic N) is 3. The summed E-state index contributed by atoms with van der Waals surface area (Å²) in [5, 5.41) is 0.800. The van der Waals surface area contributed by atoms with Crippen molar-refractivity contribution in [1.82, 2.24) is 15.0 Å². The molecular weight excluding hydrogens is 362 g/mol. The topological polar surface area (TPSA) is 61.9 Å². The first kappa shape index (κ1) is 17.8. The zero-order valence-corrected chi connectivity index (χ0v) is 15.2. The van der Waals surface area contributed by atoms with Gasteiger partial charge in [0.25, 0.3) is 0 Å². The van der Waals surface area contributed by atoms with Gasteiger partial charge in [-0.05, 0) is 35.4 Å². The zero-order valence-electron chi connectivity index (χ0n) is 15.2. The normalized spacial score (nSPS) is 11.0. The van der Waals surface area contributed by atoms with Crippen LogP contribution in [-0.2, 0) is 4.79 Å². The Morgan fingerprint density at radius 2 is 1.86 bits per heavy atom. The summed E-state index contributed by atoms with van der Waals surface area (Å²) in [6.45, 7) is 1.37. The van der Waals surface area contributed by atoms with Gasteiger partial charge in [0.2, 0.25) is 11.9 Å². The Morgan fingerprint density at radius 1 is 1.04 bits per heavy atom. The number of fused-ring (bicyclic) bond motifs is 1. The van der Waals surface area contributed by atoms with Crippen molar-refractivity contribution in [3.63, 3.8) is 0 Å². The number of halogens is 2. The van der Waals surface area contributed by atoms with E-state index in [1.807, 2.05) is 6.07 Å². The largest absolute Gasteiger partial charge is 0.346 e. The lowest BCUT2D eigenvalue weighted by Crippen LogP contribution is -2.23. The van der Waals surface area contributed by atoms with Crippen molar-refractivity contribution in [3.8, 4) is 22.3 Å². The molecule has 0 saturated heterocycles. The lowest BCUT2D eigenvalue weighted by atomic mass is 10.0. The fourth-order valence-electron chi connectivity index (χ4n) is 3.09. The predicted molar refractivity (Wildman–Crippen MR) is 104 cm³/mol. The van der Waals surface area contributed by atoms with Crippen LogP contribution in [0.15, 0.2) is 55.0 Å². The van der Waals surface area contributed by atoms with Gasteiger partial charge < -0.3 is 9.88 Å². The van der Waals surface area contributed by atoms with Gasteiger partial charge in [0.15, 0.2) is 0 Å². The molecule has 4 rings (SSSR count). The SMILES string of the molecule is CC(=O)N(C)c1cc(-c2cnc3[nH]cc(-c4ccnc(F)c4)c3c2)ccc1F. The number of carbonyl (C=O) groups is 1. The van der Waals surface area contributed by atoms with Gasteiger partial charge in [-0.1, -0.05) is 6.07 Å². The number of carbonyl (C=O) groups excluding carboxylic acids is 1. The molecule has 5 nitrogen and oxygen atoms in total. The van der Waals surface area contributed by atoms with Gasteiger partial charge in [0.05, 0.1) is 5.69 Å². The Morgan fingerprint density at radius 3 is 2.61 bits per heavy atom. The highest BCUT2D eigenvalue weighted by Crippen LogP contribution is 2.32. The molecule has 1 amide bonds. The number of aromatic nitrogens is 3. The number of pyridine rings is 2. The zero-order chi connectivity index (χ0) is 19.8. The minimum atomic E-state index is -0.564. The van der Waals surface area contributed by atoms with Crippen LogP contribution in [0.1, 0.15) is 6.92 Å². The van der Waals surface area contributed by atoms with Crippen molar-refractivity contribution in [2.24, 2.45) is 0 Å². The molecular formula is C21H16F2N4O. The summed E-state index contributed by atoms with van der Waals surface area (Å²) in [5.74, 6) is -1.31. The minimum absolute atomic E-state index is 0.190. The monoisotopic (exact) mass is 378 g/mol. The number of benzene rings is 1. The van der Waals surface area contributed by atoms with Gasteiger partial charge in [-0.25, -0.2) is 14.4 Å². The number of rotatable bonds is 3. The van der Waals surface area contributed by atoms with Gasteiger partial charge in [-0.15, -0.1) is 0 Å². The molecule has 1 aromatic carbocycles. The third-order valence-electron chi connectivity index (χ3n) is 4.68. The molecule has 0 bridgehead atoms. The summed E-state index contributed by atoms with van der Waals surface area (Å²) in [6, 6.07) is 9.54. The number of H-pyrrole nitrogens is 1. The number of aromatic amines is 1. The number of amides is 1. The summed E-state index contributed by atoms with van der Waals surface area (Å²) in [6.07, 6.45) is 4.83. The Bertz CT molecular complexity index is 1200. The molecule has 0 fully saturated rings. The summed E-state index contributed by atoms with van der Waals surface area (Å²) in [7, 11) is 1.52. The van der Waals surface area contributed by atoms with E-state index in [-0.39, 0.29) is 11.6 Å². The molecule has 0 spiro atoms. The molecule has 3 aromatic heterocycles. The summed E-state index contributed by atoms with van der Waals surface area (Å²) < 4.78 is 27.7. The van der Waals surface area contributed by atoms with Crippen molar-refractivity contribution in [2.45, 2.75) is 6.92 Å². The highest BCUT2D eigenvalue weighted by molar-refractivity contribution is 5.96. The molecule has 3 heterocycles. The molecule has 28 heavy (non-hydrogen) atoms. The van der Waals surface area contributed by atoms with E-state index in [2.05, 4.69) is 15.0 Å². The molecule has 1 N–H and O–H groups in total. The second-order valence-electron chi connectivity index (χ2n) is 6.43. The number of nitrogens with one attached hydrogen (secondary N) is 1. The van der Waals surface area contributed by atoms with E-state index < -0.39 is 11.8 Å². The number of anilines is 1. The van der Waals surface area contributed by atoms with E-state index in [0.29, 0.717) is 16.8 Å². The minimum Gasteiger partial charge on any atom is -0.346 e. The van der Waals surface area contributed by atoms with Crippen LogP contribution in [-0.4, -0.2) is 27.9 Å². The number of hydrogen-bond acceptors (Lipinski definition) is 3. The molecule has 140 valence electrons. The van der Waals surface area contributed by atoms with E-state index >= 15 is 0 Å². The van der Waals surface area contributed by atoms with Crippen LogP contribution in [0.5, 0.6) is 0 Å². The van der Waals surface area contributed by atoms with Crippen LogP contribution in [0.2, 0.25) is 0 Å². The van der Waals surface area contributed by atoms with Crippen molar-refractivity contribution >= 4 is 22.6 Å². The van der Waals surface area contributed by atoms with E-state index in [1.165, 1.54) is 37.2 Å². The summed E-state index contributed by atoms with van der Waals surface area (Å²) in [5.41, 5.74) is 3.77. The Hall–Kier alpha value is -3.61. The van der Waals surface area contributed by atoms with Gasteiger partial charge in [0.1, 0.15) is 11.5 Å². The third kappa shape index (κ3) is 3.11. The van der Waals surface area contributed by atoms with E-state index in [9.17, 15) is 13.6 Å². The maximum absolute atomic E-state index is 14.2. The molecule has 0 aliphatic rings. The third-order valence-corrected chi connectivity index (χ3v) is 4.68. The fourth-order valence-corrected chi connectivity index (χ4v) is 3.09. The molecule has 7 heteroatoms. The van der Waals surface area contributed by atoms with Crippen LogP contribution in [0.4, 0.5) is 14.5 Å². The lowest BCUT2D eigenvalue weighted by Gasteiger charge is -2.17. The van der Waals surface area contributed by atoms with Crippen LogP contribution in [0, 0.1) is 11.8 Å². The summed E-state index contributed by atoms with van der Waals surface area (Å²) in [4.78, 5) is 24.0. The van der Waals surface area contributed by atoms with Crippen LogP contribution in [0.25, 0.3) is 33.3 Å². The maximum Gasteiger partial charge on any atom is 0.223 e. The highest BCUT2D eigenvalue weighted by Gasteiger charge is 2.14. The quantitative estimate of drug-likeness (QED) is 0.532. The molecule has 0 radical (unpaired) electrons. The molecule has 0 aliphatic heterocycles. The van der Waals surface area contributed by atoms with Gasteiger partial charge in [-0.2, -0.15) is 4.39 Å². The summed E-state index contributed by atoms with van der Waals surface area (Å²) >= 11 is 0. The Labute approximate surface area is 159 Å². The van der Waals surface area contributed by atoms with Crippen molar-refractivity contribution in [3.05, 3.63) is 66.8 Å². The average molecular weight is 378 g/mol. The first-order valence-electron chi connectivity index (χ1n) is 8.57. The second-order valence-corrected chi connectivity index (χ2v) is 6.43. The maximum atomic E-state index is 14.2. The average Bonchev–Trinajstić information content (AvgIpc) is 3.11. The highest BCUT2D eigenvalue weighted by atomic mass is 19.1.